The number of thiophene rings is 1. The number of hydrogen-bond acceptors (Lipinski definition) is 6. The second kappa shape index (κ2) is 8.26. The molecular formula is C23H26N6OS. The molecule has 0 atom stereocenters. The van der Waals surface area contributed by atoms with E-state index in [2.05, 4.69) is 52.3 Å². The second-order valence-corrected chi connectivity index (χ2v) is 9.14. The van der Waals surface area contributed by atoms with Gasteiger partial charge in [0.05, 0.1) is 6.33 Å². The summed E-state index contributed by atoms with van der Waals surface area (Å²) >= 11 is 1.71. The molecule has 1 aromatic carbocycles. The molecule has 1 saturated heterocycles. The molecule has 0 aliphatic carbocycles. The maximum Gasteiger partial charge on any atom is 0.222 e. The number of nitrogens with one attached hydrogen (secondary N) is 1. The van der Waals surface area contributed by atoms with Gasteiger partial charge in [-0.3, -0.25) is 4.79 Å². The van der Waals surface area contributed by atoms with Gasteiger partial charge in [0.25, 0.3) is 0 Å². The summed E-state index contributed by atoms with van der Waals surface area (Å²) in [5, 5.41) is 6.76. The summed E-state index contributed by atoms with van der Waals surface area (Å²) in [6, 6.07) is 8.60. The monoisotopic (exact) mass is 434 g/mol. The number of carbonyl (C=O) groups excluding carboxylic acids is 1. The number of hydrogen-bond donors (Lipinski definition) is 1. The Bertz CT molecular complexity index is 1240. The molecule has 1 aliphatic heterocycles. The van der Waals surface area contributed by atoms with Crippen LogP contribution >= 0.6 is 11.3 Å². The first kappa shape index (κ1) is 19.9. The van der Waals surface area contributed by atoms with E-state index in [-0.39, 0.29) is 11.9 Å². The molecule has 4 aromatic rings. The van der Waals surface area contributed by atoms with Crippen LogP contribution in [0.15, 0.2) is 36.0 Å². The molecule has 4 heterocycles. The van der Waals surface area contributed by atoms with E-state index in [4.69, 9.17) is 9.97 Å². The maximum atomic E-state index is 11.8. The van der Waals surface area contributed by atoms with Gasteiger partial charge < -0.3 is 14.8 Å². The molecule has 5 rings (SSSR count). The molecule has 1 N–H and O–H groups in total. The molecule has 31 heavy (non-hydrogen) atoms. The molecule has 0 saturated carbocycles. The van der Waals surface area contributed by atoms with Crippen LogP contribution < -0.4 is 5.32 Å². The first-order valence-corrected chi connectivity index (χ1v) is 11.7. The fourth-order valence-electron chi connectivity index (χ4n) is 4.11. The van der Waals surface area contributed by atoms with Gasteiger partial charge in [-0.1, -0.05) is 18.2 Å². The average molecular weight is 435 g/mol. The molecule has 0 radical (unpaired) electrons. The van der Waals surface area contributed by atoms with E-state index in [0.717, 1.165) is 55.0 Å². The number of fused-ring (bicyclic) bond motifs is 2. The molecule has 1 fully saturated rings. The third-order valence-corrected chi connectivity index (χ3v) is 6.73. The smallest absolute Gasteiger partial charge is 0.222 e. The van der Waals surface area contributed by atoms with Gasteiger partial charge in [0, 0.05) is 53.1 Å². The van der Waals surface area contributed by atoms with Gasteiger partial charge in [-0.05, 0) is 32.8 Å². The topological polar surface area (TPSA) is 75.9 Å². The Morgan fingerprint density at radius 2 is 2.10 bits per heavy atom. The van der Waals surface area contributed by atoms with Gasteiger partial charge in [0.15, 0.2) is 17.3 Å². The lowest BCUT2D eigenvalue weighted by Crippen LogP contribution is -2.27. The third-order valence-electron chi connectivity index (χ3n) is 5.77. The summed E-state index contributed by atoms with van der Waals surface area (Å²) in [6.45, 7) is 6.65. The maximum absolute atomic E-state index is 11.8. The van der Waals surface area contributed by atoms with E-state index in [1.807, 2.05) is 17.3 Å². The summed E-state index contributed by atoms with van der Waals surface area (Å²) in [4.78, 5) is 28.2. The summed E-state index contributed by atoms with van der Waals surface area (Å²) < 4.78 is 3.31. The van der Waals surface area contributed by atoms with Crippen LogP contribution in [0.1, 0.15) is 39.2 Å². The third kappa shape index (κ3) is 3.76. The number of carbonyl (C=O) groups is 1. The molecule has 0 unspecified atom stereocenters. The Labute approximate surface area is 185 Å². The highest BCUT2D eigenvalue weighted by molar-refractivity contribution is 7.17. The lowest BCUT2D eigenvalue weighted by Gasteiger charge is -2.15. The Kier molecular flexibility index (Phi) is 5.31. The average Bonchev–Trinajstić information content (AvgIpc) is 3.49. The molecule has 8 heteroatoms. The normalized spacial score (nSPS) is 14.4. The quantitative estimate of drug-likeness (QED) is 0.426. The Hall–Kier alpha value is -3.00. The van der Waals surface area contributed by atoms with Crippen molar-refractivity contribution in [3.63, 3.8) is 0 Å². The molecular weight excluding hydrogens is 408 g/mol. The minimum Gasteiger partial charge on any atom is -0.368 e. The van der Waals surface area contributed by atoms with E-state index in [1.165, 1.54) is 10.1 Å². The molecule has 1 aliphatic rings. The lowest BCUT2D eigenvalue weighted by molar-refractivity contribution is -0.127. The SMILES string of the molecule is CC(C)n1cnc2c(NCCCN3CCCC3=O)nc(-c3csc4ccccc34)nc21. The van der Waals surface area contributed by atoms with Crippen LogP contribution in [-0.2, 0) is 4.79 Å². The van der Waals surface area contributed by atoms with Gasteiger partial charge in [-0.2, -0.15) is 0 Å². The minimum atomic E-state index is 0.251. The standard InChI is InChI=1S/C23H26N6OS/c1-15(2)29-14-25-20-22(24-10-6-12-28-11-5-9-19(28)30)26-21(27-23(20)29)17-13-31-18-8-4-3-7-16(17)18/h3-4,7-8,13-15H,5-6,9-12H2,1-2H3,(H,24,26,27). The van der Waals surface area contributed by atoms with Crippen molar-refractivity contribution in [2.24, 2.45) is 0 Å². The van der Waals surface area contributed by atoms with Crippen LogP contribution in [0.4, 0.5) is 5.82 Å². The fourth-order valence-corrected chi connectivity index (χ4v) is 5.05. The molecule has 160 valence electrons. The number of rotatable bonds is 7. The number of nitrogens with zero attached hydrogens (tertiary/aromatic N) is 5. The summed E-state index contributed by atoms with van der Waals surface area (Å²) in [6.07, 6.45) is 4.38. The first-order chi connectivity index (χ1) is 15.1. The van der Waals surface area contributed by atoms with Crippen LogP contribution in [0.3, 0.4) is 0 Å². The van der Waals surface area contributed by atoms with E-state index in [9.17, 15) is 4.79 Å². The van der Waals surface area contributed by atoms with Crippen LogP contribution in [-0.4, -0.2) is 50.0 Å². The van der Waals surface area contributed by atoms with Crippen molar-refractivity contribution in [2.45, 2.75) is 39.2 Å². The Morgan fingerprint density at radius 3 is 2.90 bits per heavy atom. The number of aromatic nitrogens is 4. The highest BCUT2D eigenvalue weighted by Crippen LogP contribution is 2.34. The van der Waals surface area contributed by atoms with Crippen molar-refractivity contribution in [3.05, 3.63) is 36.0 Å². The van der Waals surface area contributed by atoms with Gasteiger partial charge in [0.2, 0.25) is 5.91 Å². The predicted octanol–water partition coefficient (Wildman–Crippen LogP) is 4.71. The summed E-state index contributed by atoms with van der Waals surface area (Å²) in [5.41, 5.74) is 2.67. The fraction of sp³-hybridized carbons (Fsp3) is 0.391. The van der Waals surface area contributed by atoms with Crippen LogP contribution in [0.5, 0.6) is 0 Å². The van der Waals surface area contributed by atoms with E-state index in [1.54, 1.807) is 11.3 Å². The van der Waals surface area contributed by atoms with Crippen LogP contribution in [0.2, 0.25) is 0 Å². The predicted molar refractivity (Wildman–Crippen MR) is 125 cm³/mol. The van der Waals surface area contributed by atoms with Crippen LogP contribution in [0, 0.1) is 0 Å². The number of imidazole rings is 1. The highest BCUT2D eigenvalue weighted by atomic mass is 32.1. The van der Waals surface area contributed by atoms with Gasteiger partial charge in [0.1, 0.15) is 5.52 Å². The van der Waals surface area contributed by atoms with Gasteiger partial charge in [-0.15, -0.1) is 11.3 Å². The largest absolute Gasteiger partial charge is 0.368 e. The van der Waals surface area contributed by atoms with Crippen molar-refractivity contribution in [1.82, 2.24) is 24.4 Å². The number of benzene rings is 1. The molecule has 0 bridgehead atoms. The van der Waals surface area contributed by atoms with Crippen LogP contribution in [0.25, 0.3) is 32.6 Å². The summed E-state index contributed by atoms with van der Waals surface area (Å²) in [7, 11) is 0. The van der Waals surface area contributed by atoms with Gasteiger partial charge in [-0.25, -0.2) is 15.0 Å². The van der Waals surface area contributed by atoms with E-state index < -0.39 is 0 Å². The number of amides is 1. The van der Waals surface area contributed by atoms with Crippen molar-refractivity contribution >= 4 is 44.3 Å². The molecule has 0 spiro atoms. The van der Waals surface area contributed by atoms with E-state index >= 15 is 0 Å². The highest BCUT2D eigenvalue weighted by Gasteiger charge is 2.20. The van der Waals surface area contributed by atoms with E-state index in [0.29, 0.717) is 12.2 Å². The Morgan fingerprint density at radius 1 is 1.23 bits per heavy atom. The number of likely N-dealkylation sites (tertiary alicyclic amines) is 1. The summed E-state index contributed by atoms with van der Waals surface area (Å²) in [5.74, 6) is 1.73. The zero-order chi connectivity index (χ0) is 21.4. The van der Waals surface area contributed by atoms with Gasteiger partial charge >= 0.3 is 0 Å². The lowest BCUT2D eigenvalue weighted by atomic mass is 10.1. The first-order valence-electron chi connectivity index (χ1n) is 10.8. The zero-order valence-electron chi connectivity index (χ0n) is 17.8. The second-order valence-electron chi connectivity index (χ2n) is 8.22. The van der Waals surface area contributed by atoms with Crippen molar-refractivity contribution in [3.8, 4) is 11.4 Å². The van der Waals surface area contributed by atoms with Crippen molar-refractivity contribution in [1.29, 1.82) is 0 Å². The molecule has 1 amide bonds. The van der Waals surface area contributed by atoms with Crippen molar-refractivity contribution < 1.29 is 4.79 Å². The Balaban J connectivity index is 1.47. The molecule has 7 nitrogen and oxygen atoms in total. The minimum absolute atomic E-state index is 0.251. The zero-order valence-corrected chi connectivity index (χ0v) is 18.7. The van der Waals surface area contributed by atoms with Crippen molar-refractivity contribution in [2.75, 3.05) is 25.0 Å². The number of anilines is 1. The molecule has 3 aromatic heterocycles.